The van der Waals surface area contributed by atoms with Crippen molar-refractivity contribution in [3.63, 3.8) is 0 Å². The molecule has 5 nitrogen and oxygen atoms in total. The average Bonchev–Trinajstić information content (AvgIpc) is 2.51. The maximum Gasteiger partial charge on any atom is 0.240 e. The van der Waals surface area contributed by atoms with Crippen LogP contribution in [0.2, 0.25) is 10.0 Å². The van der Waals surface area contributed by atoms with E-state index in [4.69, 9.17) is 23.2 Å². The van der Waals surface area contributed by atoms with Crippen LogP contribution < -0.4 is 10.0 Å². The van der Waals surface area contributed by atoms with Gasteiger partial charge in [-0.1, -0.05) is 35.3 Å². The van der Waals surface area contributed by atoms with Crippen LogP contribution >= 0.6 is 23.2 Å². The van der Waals surface area contributed by atoms with Gasteiger partial charge in [-0.3, -0.25) is 4.79 Å². The van der Waals surface area contributed by atoms with Crippen molar-refractivity contribution in [2.45, 2.75) is 18.2 Å². The van der Waals surface area contributed by atoms with E-state index >= 15 is 0 Å². The molecule has 0 fully saturated rings. The van der Waals surface area contributed by atoms with Gasteiger partial charge in [0.2, 0.25) is 15.9 Å². The summed E-state index contributed by atoms with van der Waals surface area (Å²) in [6, 6.07) is 11.1. The van der Waals surface area contributed by atoms with Crippen molar-refractivity contribution in [1.82, 2.24) is 4.72 Å². The van der Waals surface area contributed by atoms with Crippen molar-refractivity contribution in [3.05, 3.63) is 58.1 Å². The van der Waals surface area contributed by atoms with Gasteiger partial charge in [0.15, 0.2) is 0 Å². The summed E-state index contributed by atoms with van der Waals surface area (Å²) in [5.41, 5.74) is 1.47. The fourth-order valence-corrected chi connectivity index (χ4v) is 3.46. The van der Waals surface area contributed by atoms with Crippen LogP contribution in [0.15, 0.2) is 47.4 Å². The molecule has 0 bridgehead atoms. The molecule has 0 aliphatic carbocycles. The highest BCUT2D eigenvalue weighted by Crippen LogP contribution is 2.20. The predicted octanol–water partition coefficient (Wildman–Crippen LogP) is 3.61. The lowest BCUT2D eigenvalue weighted by Gasteiger charge is -2.10. The monoisotopic (exact) mass is 386 g/mol. The molecule has 2 N–H and O–H groups in total. The first-order chi connectivity index (χ1) is 11.3. The molecule has 0 spiro atoms. The van der Waals surface area contributed by atoms with Gasteiger partial charge < -0.3 is 5.32 Å². The van der Waals surface area contributed by atoms with Crippen molar-refractivity contribution in [2.75, 3.05) is 11.9 Å². The van der Waals surface area contributed by atoms with E-state index in [9.17, 15) is 13.2 Å². The zero-order valence-corrected chi connectivity index (χ0v) is 15.2. The Labute approximate surface area is 151 Å². The second-order valence-electron chi connectivity index (χ2n) is 5.11. The highest BCUT2D eigenvalue weighted by atomic mass is 35.5. The number of carbonyl (C=O) groups is 1. The van der Waals surface area contributed by atoms with E-state index in [0.29, 0.717) is 15.7 Å². The number of anilines is 1. The summed E-state index contributed by atoms with van der Waals surface area (Å²) >= 11 is 11.7. The van der Waals surface area contributed by atoms with E-state index < -0.39 is 10.0 Å². The predicted molar refractivity (Wildman–Crippen MR) is 96.1 cm³/mol. The number of nitrogens with one attached hydrogen (secondary N) is 2. The molecule has 0 atom stereocenters. The van der Waals surface area contributed by atoms with E-state index in [-0.39, 0.29) is 23.8 Å². The summed E-state index contributed by atoms with van der Waals surface area (Å²) in [5.74, 6) is -0.311. The maximum atomic E-state index is 12.1. The largest absolute Gasteiger partial charge is 0.326 e. The Morgan fingerprint density at radius 1 is 1.08 bits per heavy atom. The third kappa shape index (κ3) is 5.21. The zero-order valence-electron chi connectivity index (χ0n) is 12.8. The van der Waals surface area contributed by atoms with Gasteiger partial charge in [-0.25, -0.2) is 13.1 Å². The van der Waals surface area contributed by atoms with Crippen molar-refractivity contribution < 1.29 is 13.2 Å². The first kappa shape index (κ1) is 18.7. The number of amides is 1. The van der Waals surface area contributed by atoms with E-state index in [1.54, 1.807) is 30.3 Å². The molecule has 0 saturated heterocycles. The summed E-state index contributed by atoms with van der Waals surface area (Å²) < 4.78 is 26.6. The molecule has 128 valence electrons. The summed E-state index contributed by atoms with van der Waals surface area (Å²) in [7, 11) is -3.70. The fraction of sp³-hybridized carbons (Fsp3) is 0.188. The Morgan fingerprint density at radius 2 is 1.79 bits per heavy atom. The Balaban J connectivity index is 1.91. The van der Waals surface area contributed by atoms with Crippen LogP contribution in [0.25, 0.3) is 0 Å². The van der Waals surface area contributed by atoms with Crippen molar-refractivity contribution in [2.24, 2.45) is 0 Å². The second kappa shape index (κ2) is 7.98. The number of rotatable bonds is 6. The topological polar surface area (TPSA) is 75.3 Å². The zero-order chi connectivity index (χ0) is 17.7. The molecule has 0 aliphatic heterocycles. The molecule has 0 saturated carbocycles. The van der Waals surface area contributed by atoms with Crippen molar-refractivity contribution in [3.8, 4) is 0 Å². The SMILES string of the molecule is Cc1ccc(Cl)cc1NC(=O)CCNS(=O)(=O)c1cccc(Cl)c1. The van der Waals surface area contributed by atoms with Crippen molar-refractivity contribution in [1.29, 1.82) is 0 Å². The number of aryl methyl sites for hydroxylation is 1. The molecule has 8 heteroatoms. The van der Waals surface area contributed by atoms with Gasteiger partial charge in [-0.15, -0.1) is 0 Å². The third-order valence-corrected chi connectivity index (χ3v) is 5.15. The fourth-order valence-electron chi connectivity index (χ4n) is 1.96. The molecule has 2 aromatic carbocycles. The van der Waals surface area contributed by atoms with Crippen LogP contribution in [0, 0.1) is 6.92 Å². The number of hydrogen-bond donors (Lipinski definition) is 2. The minimum Gasteiger partial charge on any atom is -0.326 e. The molecular formula is C16H16Cl2N2O3S. The molecule has 1 amide bonds. The molecule has 0 aliphatic rings. The first-order valence-corrected chi connectivity index (χ1v) is 9.33. The molecule has 0 radical (unpaired) electrons. The highest BCUT2D eigenvalue weighted by molar-refractivity contribution is 7.89. The van der Waals surface area contributed by atoms with Gasteiger partial charge in [0.05, 0.1) is 4.90 Å². The molecule has 0 heterocycles. The van der Waals surface area contributed by atoms with Crippen LogP contribution in [-0.4, -0.2) is 20.9 Å². The normalized spacial score (nSPS) is 11.3. The lowest BCUT2D eigenvalue weighted by atomic mass is 10.2. The van der Waals surface area contributed by atoms with Gasteiger partial charge in [0.1, 0.15) is 0 Å². The van der Waals surface area contributed by atoms with Crippen LogP contribution in [-0.2, 0) is 14.8 Å². The van der Waals surface area contributed by atoms with Gasteiger partial charge in [-0.05, 0) is 42.8 Å². The third-order valence-electron chi connectivity index (χ3n) is 3.22. The molecule has 24 heavy (non-hydrogen) atoms. The summed E-state index contributed by atoms with van der Waals surface area (Å²) in [6.07, 6.45) is -0.00819. The van der Waals surface area contributed by atoms with Crippen LogP contribution in [0.3, 0.4) is 0 Å². The molecule has 2 rings (SSSR count). The Kier molecular flexibility index (Phi) is 6.23. The van der Waals surface area contributed by atoms with E-state index in [2.05, 4.69) is 10.0 Å². The Bertz CT molecular complexity index is 854. The van der Waals surface area contributed by atoms with Gasteiger partial charge in [-0.2, -0.15) is 0 Å². The Hall–Kier alpha value is -1.60. The number of halogens is 2. The molecule has 2 aromatic rings. The van der Waals surface area contributed by atoms with E-state index in [0.717, 1.165) is 5.56 Å². The van der Waals surface area contributed by atoms with Crippen molar-refractivity contribution >= 4 is 44.8 Å². The van der Waals surface area contributed by atoms with Gasteiger partial charge in [0, 0.05) is 28.7 Å². The first-order valence-electron chi connectivity index (χ1n) is 7.09. The number of benzene rings is 2. The lowest BCUT2D eigenvalue weighted by molar-refractivity contribution is -0.116. The minimum absolute atomic E-state index is 0.00819. The van der Waals surface area contributed by atoms with Crippen LogP contribution in [0.4, 0.5) is 5.69 Å². The lowest BCUT2D eigenvalue weighted by Crippen LogP contribution is -2.28. The number of carbonyl (C=O) groups excluding carboxylic acids is 1. The Morgan fingerprint density at radius 3 is 2.50 bits per heavy atom. The molecule has 0 aromatic heterocycles. The molecular weight excluding hydrogens is 371 g/mol. The number of sulfonamides is 1. The highest BCUT2D eigenvalue weighted by Gasteiger charge is 2.14. The second-order valence-corrected chi connectivity index (χ2v) is 7.75. The van der Waals surface area contributed by atoms with Gasteiger partial charge >= 0.3 is 0 Å². The summed E-state index contributed by atoms with van der Waals surface area (Å²) in [6.45, 7) is 1.81. The smallest absolute Gasteiger partial charge is 0.240 e. The minimum atomic E-state index is -3.70. The van der Waals surface area contributed by atoms with Gasteiger partial charge in [0.25, 0.3) is 0 Å². The average molecular weight is 387 g/mol. The van der Waals surface area contributed by atoms with E-state index in [1.165, 1.54) is 12.1 Å². The summed E-state index contributed by atoms with van der Waals surface area (Å²) in [4.78, 5) is 12.0. The van der Waals surface area contributed by atoms with E-state index in [1.807, 2.05) is 6.92 Å². The van der Waals surface area contributed by atoms with Crippen LogP contribution in [0.1, 0.15) is 12.0 Å². The number of hydrogen-bond acceptors (Lipinski definition) is 3. The molecule has 0 unspecified atom stereocenters. The summed E-state index contributed by atoms with van der Waals surface area (Å²) in [5, 5.41) is 3.54. The van der Waals surface area contributed by atoms with Crippen LogP contribution in [0.5, 0.6) is 0 Å². The quantitative estimate of drug-likeness (QED) is 0.795. The standard InChI is InChI=1S/C16H16Cl2N2O3S/c1-11-5-6-13(18)10-15(11)20-16(21)7-8-19-24(22,23)14-4-2-3-12(17)9-14/h2-6,9-10,19H,7-8H2,1H3,(H,20,21). The maximum absolute atomic E-state index is 12.1.